The molecule has 0 aromatic heterocycles. The van der Waals surface area contributed by atoms with Gasteiger partial charge in [0.05, 0.1) is 25.4 Å². The molecule has 0 saturated heterocycles. The Bertz CT molecular complexity index is 1430. The van der Waals surface area contributed by atoms with Gasteiger partial charge in [-0.2, -0.15) is 0 Å². The molecular formula is C85H165NO5. The molecule has 0 bridgehead atoms. The van der Waals surface area contributed by atoms with Crippen LogP contribution in [-0.2, 0) is 14.3 Å². The van der Waals surface area contributed by atoms with E-state index in [9.17, 15) is 19.8 Å². The number of carbonyl (C=O) groups excluding carboxylic acids is 2. The third-order valence-electron chi connectivity index (χ3n) is 20.0. The van der Waals surface area contributed by atoms with E-state index in [2.05, 4.69) is 43.5 Å². The Labute approximate surface area is 571 Å². The van der Waals surface area contributed by atoms with Gasteiger partial charge < -0.3 is 20.3 Å². The van der Waals surface area contributed by atoms with Crippen LogP contribution in [0.1, 0.15) is 483 Å². The Morgan fingerprint density at radius 2 is 0.549 bits per heavy atom. The minimum Gasteiger partial charge on any atom is -0.466 e. The normalized spacial score (nSPS) is 12.5. The number of aliphatic hydroxyl groups excluding tert-OH is 2. The Hall–Kier alpha value is -1.66. The summed E-state index contributed by atoms with van der Waals surface area (Å²) in [6, 6.07) is -0.539. The molecule has 0 heterocycles. The lowest BCUT2D eigenvalue weighted by atomic mass is 10.0. The van der Waals surface area contributed by atoms with E-state index in [1.165, 1.54) is 398 Å². The van der Waals surface area contributed by atoms with E-state index in [1.807, 2.05) is 0 Å². The number of rotatable bonds is 80. The number of hydrogen-bond acceptors (Lipinski definition) is 5. The van der Waals surface area contributed by atoms with Gasteiger partial charge in [0.2, 0.25) is 5.91 Å². The van der Waals surface area contributed by atoms with Gasteiger partial charge >= 0.3 is 5.97 Å². The van der Waals surface area contributed by atoms with E-state index in [4.69, 9.17) is 4.74 Å². The Balaban J connectivity index is 3.33. The standard InChI is InChI=1S/C85H165NO5/c1-3-5-7-9-11-13-15-17-19-21-22-23-24-33-36-39-42-46-49-53-57-61-65-69-73-77-83(88)82(81-87)86-84(89)78-74-70-66-62-58-54-50-47-43-40-37-34-31-29-27-25-26-28-30-32-35-38-41-44-48-52-56-60-64-68-72-76-80-91-85(90)79-75-71-67-63-59-55-51-45-20-18-16-14-12-10-8-6-4-2/h12,14,18,20,82-83,87-88H,3-11,13,15-17,19,21-81H2,1-2H3,(H,86,89)/b14-12-,20-18-. The Kier molecular flexibility index (Phi) is 79.3. The quantitative estimate of drug-likeness (QED) is 0.0320. The number of allylic oxidation sites excluding steroid dienone is 4. The number of unbranched alkanes of at least 4 members (excludes halogenated alkanes) is 65. The van der Waals surface area contributed by atoms with Crippen LogP contribution in [0.3, 0.4) is 0 Å². The molecule has 3 N–H and O–H groups in total. The molecule has 0 radical (unpaired) electrons. The average Bonchev–Trinajstić information content (AvgIpc) is 3.66. The van der Waals surface area contributed by atoms with Crippen molar-refractivity contribution in [1.29, 1.82) is 0 Å². The van der Waals surface area contributed by atoms with Gasteiger partial charge in [-0.15, -0.1) is 0 Å². The zero-order valence-corrected chi connectivity index (χ0v) is 62.1. The van der Waals surface area contributed by atoms with Crippen molar-refractivity contribution in [3.8, 4) is 0 Å². The zero-order valence-electron chi connectivity index (χ0n) is 62.1. The maximum Gasteiger partial charge on any atom is 0.305 e. The van der Waals surface area contributed by atoms with Gasteiger partial charge in [-0.25, -0.2) is 0 Å². The van der Waals surface area contributed by atoms with Gasteiger partial charge in [0, 0.05) is 12.8 Å². The second-order valence-corrected chi connectivity index (χ2v) is 29.2. The third-order valence-corrected chi connectivity index (χ3v) is 20.0. The van der Waals surface area contributed by atoms with Crippen LogP contribution in [0.15, 0.2) is 24.3 Å². The predicted molar refractivity (Wildman–Crippen MR) is 403 cm³/mol. The van der Waals surface area contributed by atoms with E-state index < -0.39 is 12.1 Å². The molecular weight excluding hydrogens is 1110 g/mol. The van der Waals surface area contributed by atoms with Crippen LogP contribution in [0.25, 0.3) is 0 Å². The monoisotopic (exact) mass is 1280 g/mol. The molecule has 2 atom stereocenters. The first-order chi connectivity index (χ1) is 45.0. The molecule has 6 heteroatoms. The van der Waals surface area contributed by atoms with Gasteiger partial charge in [0.25, 0.3) is 0 Å². The summed E-state index contributed by atoms with van der Waals surface area (Å²) in [4.78, 5) is 24.7. The highest BCUT2D eigenvalue weighted by Gasteiger charge is 2.20. The Morgan fingerprint density at radius 3 is 0.857 bits per heavy atom. The molecule has 6 nitrogen and oxygen atoms in total. The fraction of sp³-hybridized carbons (Fsp3) is 0.929. The number of amides is 1. The first-order valence-electron chi connectivity index (χ1n) is 42.1. The molecule has 0 aromatic rings. The number of esters is 1. The van der Waals surface area contributed by atoms with E-state index in [0.717, 1.165) is 51.4 Å². The topological polar surface area (TPSA) is 95.9 Å². The van der Waals surface area contributed by atoms with Crippen LogP contribution in [0, 0.1) is 0 Å². The van der Waals surface area contributed by atoms with Crippen molar-refractivity contribution < 1.29 is 24.5 Å². The van der Waals surface area contributed by atoms with E-state index in [1.54, 1.807) is 0 Å². The summed E-state index contributed by atoms with van der Waals surface area (Å²) >= 11 is 0. The van der Waals surface area contributed by atoms with Crippen LogP contribution >= 0.6 is 0 Å². The smallest absolute Gasteiger partial charge is 0.305 e. The van der Waals surface area contributed by atoms with Crippen molar-refractivity contribution in [1.82, 2.24) is 5.32 Å². The van der Waals surface area contributed by atoms with Gasteiger partial charge in [0.15, 0.2) is 0 Å². The molecule has 0 aliphatic heterocycles. The van der Waals surface area contributed by atoms with E-state index in [0.29, 0.717) is 25.9 Å². The maximum atomic E-state index is 12.6. The van der Waals surface area contributed by atoms with Crippen molar-refractivity contribution in [3.63, 3.8) is 0 Å². The lowest BCUT2D eigenvalue weighted by Gasteiger charge is -2.22. The second kappa shape index (κ2) is 80.8. The van der Waals surface area contributed by atoms with Gasteiger partial charge in [0.1, 0.15) is 0 Å². The average molecular weight is 1280 g/mol. The van der Waals surface area contributed by atoms with Crippen molar-refractivity contribution in [2.45, 2.75) is 495 Å². The lowest BCUT2D eigenvalue weighted by molar-refractivity contribution is -0.143. The fourth-order valence-corrected chi connectivity index (χ4v) is 13.6. The van der Waals surface area contributed by atoms with Crippen LogP contribution in [0.4, 0.5) is 0 Å². The highest BCUT2D eigenvalue weighted by Crippen LogP contribution is 2.21. The highest BCUT2D eigenvalue weighted by atomic mass is 16.5. The van der Waals surface area contributed by atoms with Gasteiger partial charge in [-0.05, 0) is 57.8 Å². The van der Waals surface area contributed by atoms with Crippen LogP contribution < -0.4 is 5.32 Å². The third kappa shape index (κ3) is 77.2. The maximum absolute atomic E-state index is 12.6. The summed E-state index contributed by atoms with van der Waals surface area (Å²) in [5, 5.41) is 23.5. The van der Waals surface area contributed by atoms with Crippen LogP contribution in [0.5, 0.6) is 0 Å². The molecule has 0 aromatic carbocycles. The molecule has 2 unspecified atom stereocenters. The van der Waals surface area contributed by atoms with Crippen molar-refractivity contribution in [2.24, 2.45) is 0 Å². The number of ether oxygens (including phenoxy) is 1. The minimum atomic E-state index is -0.663. The SMILES string of the molecule is CCCCC/C=C\C/C=C\CCCCCCCCCC(=O)OCCCCCCCCCCCCCCCCCCCCCCCCCCCCCCCCCCC(=O)NC(CO)C(O)CCCCCCCCCCCCCCCCCCCCCCCCCCC. The summed E-state index contributed by atoms with van der Waals surface area (Å²) in [6.45, 7) is 4.98. The fourth-order valence-electron chi connectivity index (χ4n) is 13.6. The van der Waals surface area contributed by atoms with Gasteiger partial charge in [-0.1, -0.05) is 436 Å². The van der Waals surface area contributed by atoms with Crippen molar-refractivity contribution in [3.05, 3.63) is 24.3 Å². The van der Waals surface area contributed by atoms with Crippen LogP contribution in [-0.4, -0.2) is 47.4 Å². The number of aliphatic hydroxyl groups is 2. The first kappa shape index (κ1) is 89.3. The molecule has 0 aliphatic rings. The summed E-state index contributed by atoms with van der Waals surface area (Å²) in [5.74, 6) is -0.00949. The molecule has 0 fully saturated rings. The largest absolute Gasteiger partial charge is 0.466 e. The summed E-state index contributed by atoms with van der Waals surface area (Å²) < 4.78 is 5.51. The predicted octanol–water partition coefficient (Wildman–Crippen LogP) is 28.0. The number of nitrogens with one attached hydrogen (secondary N) is 1. The Morgan fingerprint density at radius 1 is 0.308 bits per heavy atom. The zero-order chi connectivity index (χ0) is 65.6. The van der Waals surface area contributed by atoms with Gasteiger partial charge in [-0.3, -0.25) is 9.59 Å². The first-order valence-corrected chi connectivity index (χ1v) is 42.1. The highest BCUT2D eigenvalue weighted by molar-refractivity contribution is 5.76. The summed E-state index contributed by atoms with van der Waals surface area (Å²) in [7, 11) is 0. The molecule has 540 valence electrons. The summed E-state index contributed by atoms with van der Waals surface area (Å²) in [6.07, 6.45) is 104. The van der Waals surface area contributed by atoms with E-state index in [-0.39, 0.29) is 18.5 Å². The molecule has 1 amide bonds. The molecule has 0 spiro atoms. The molecule has 0 aliphatic carbocycles. The van der Waals surface area contributed by atoms with E-state index >= 15 is 0 Å². The minimum absolute atomic E-state index is 0.0146. The molecule has 91 heavy (non-hydrogen) atoms. The number of carbonyl (C=O) groups is 2. The summed E-state index contributed by atoms with van der Waals surface area (Å²) in [5.41, 5.74) is 0. The molecule has 0 rings (SSSR count). The van der Waals surface area contributed by atoms with Crippen molar-refractivity contribution in [2.75, 3.05) is 13.2 Å². The van der Waals surface area contributed by atoms with Crippen LogP contribution in [0.2, 0.25) is 0 Å². The molecule has 0 saturated carbocycles. The second-order valence-electron chi connectivity index (χ2n) is 29.2. The van der Waals surface area contributed by atoms with Crippen molar-refractivity contribution >= 4 is 11.9 Å². The number of hydrogen-bond donors (Lipinski definition) is 3. The lowest BCUT2D eigenvalue weighted by Crippen LogP contribution is -2.45.